The summed E-state index contributed by atoms with van der Waals surface area (Å²) in [6.45, 7) is 10.1. The van der Waals surface area contributed by atoms with Gasteiger partial charge in [-0.05, 0) is 40.2 Å². The molecule has 4 nitrogen and oxygen atoms in total. The number of nitrogens with zero attached hydrogens (tertiary/aromatic N) is 2. The van der Waals surface area contributed by atoms with Gasteiger partial charge in [0, 0.05) is 25.6 Å². The topological polar surface area (TPSA) is 47.3 Å². The lowest BCUT2D eigenvalue weighted by Gasteiger charge is -2.35. The van der Waals surface area contributed by atoms with Crippen LogP contribution in [-0.2, 0) is 24.6 Å². The standard InChI is InChI=1S/C15H26N2O2/c1-7-11-8-12(17(6)16-11)9-15(18)10-13(2,3)19-14(15,4)5/h8,18H,7,9-10H2,1-6H3. The van der Waals surface area contributed by atoms with Crippen molar-refractivity contribution >= 4 is 0 Å². The van der Waals surface area contributed by atoms with Crippen LogP contribution in [0.2, 0.25) is 0 Å². The number of aromatic nitrogens is 2. The molecule has 1 aliphatic heterocycles. The Balaban J connectivity index is 2.28. The lowest BCUT2D eigenvalue weighted by Crippen LogP contribution is -2.48. The predicted molar refractivity (Wildman–Crippen MR) is 75.1 cm³/mol. The van der Waals surface area contributed by atoms with Crippen LogP contribution in [0.4, 0.5) is 0 Å². The summed E-state index contributed by atoms with van der Waals surface area (Å²) < 4.78 is 7.89. The van der Waals surface area contributed by atoms with Gasteiger partial charge in [0.2, 0.25) is 0 Å². The van der Waals surface area contributed by atoms with Crippen molar-refractivity contribution in [1.29, 1.82) is 0 Å². The van der Waals surface area contributed by atoms with Crippen LogP contribution in [0, 0.1) is 0 Å². The van der Waals surface area contributed by atoms with E-state index >= 15 is 0 Å². The summed E-state index contributed by atoms with van der Waals surface area (Å²) in [5.41, 5.74) is 0.443. The van der Waals surface area contributed by atoms with E-state index in [1.165, 1.54) is 0 Å². The highest BCUT2D eigenvalue weighted by molar-refractivity contribution is 5.17. The van der Waals surface area contributed by atoms with Crippen molar-refractivity contribution in [3.63, 3.8) is 0 Å². The van der Waals surface area contributed by atoms with Crippen molar-refractivity contribution in [1.82, 2.24) is 9.78 Å². The van der Waals surface area contributed by atoms with Crippen molar-refractivity contribution < 1.29 is 9.84 Å². The fraction of sp³-hybridized carbons (Fsp3) is 0.800. The number of ether oxygens (including phenoxy) is 1. The largest absolute Gasteiger partial charge is 0.386 e. The van der Waals surface area contributed by atoms with Crippen LogP contribution in [0.1, 0.15) is 52.4 Å². The zero-order valence-corrected chi connectivity index (χ0v) is 12.9. The lowest BCUT2D eigenvalue weighted by molar-refractivity contribution is -0.126. The maximum atomic E-state index is 11.0. The molecule has 4 heteroatoms. The zero-order chi connectivity index (χ0) is 14.5. The Morgan fingerprint density at radius 2 is 2.00 bits per heavy atom. The second kappa shape index (κ2) is 4.32. The molecule has 1 aromatic rings. The minimum atomic E-state index is -0.852. The normalized spacial score (nSPS) is 28.8. The molecule has 1 atom stereocenters. The first-order chi connectivity index (χ1) is 8.59. The first-order valence-corrected chi connectivity index (χ1v) is 7.03. The molecule has 1 aliphatic rings. The maximum absolute atomic E-state index is 11.0. The summed E-state index contributed by atoms with van der Waals surface area (Å²) in [6, 6.07) is 2.08. The molecule has 108 valence electrons. The summed E-state index contributed by atoms with van der Waals surface area (Å²) >= 11 is 0. The average molecular weight is 266 g/mol. The number of rotatable bonds is 3. The van der Waals surface area contributed by atoms with Crippen LogP contribution >= 0.6 is 0 Å². The van der Waals surface area contributed by atoms with Gasteiger partial charge in [0.1, 0.15) is 5.60 Å². The van der Waals surface area contributed by atoms with Crippen LogP contribution in [0.25, 0.3) is 0 Å². The molecule has 1 aromatic heterocycles. The van der Waals surface area contributed by atoms with Crippen LogP contribution in [0.3, 0.4) is 0 Å². The maximum Gasteiger partial charge on any atom is 0.101 e. The van der Waals surface area contributed by atoms with Crippen LogP contribution < -0.4 is 0 Å². The molecule has 0 spiro atoms. The number of hydrogen-bond acceptors (Lipinski definition) is 3. The smallest absolute Gasteiger partial charge is 0.101 e. The van der Waals surface area contributed by atoms with Gasteiger partial charge >= 0.3 is 0 Å². The van der Waals surface area contributed by atoms with E-state index in [1.54, 1.807) is 0 Å². The quantitative estimate of drug-likeness (QED) is 0.912. The van der Waals surface area contributed by atoms with Crippen molar-refractivity contribution in [2.75, 3.05) is 0 Å². The van der Waals surface area contributed by atoms with Gasteiger partial charge in [-0.15, -0.1) is 0 Å². The minimum absolute atomic E-state index is 0.287. The highest BCUT2D eigenvalue weighted by Gasteiger charge is 2.56. The molecule has 0 bridgehead atoms. The van der Waals surface area contributed by atoms with Crippen molar-refractivity contribution in [2.45, 2.75) is 70.7 Å². The number of hydrogen-bond donors (Lipinski definition) is 1. The van der Waals surface area contributed by atoms with Crippen LogP contribution in [0.5, 0.6) is 0 Å². The Hall–Kier alpha value is -0.870. The summed E-state index contributed by atoms with van der Waals surface area (Å²) in [5, 5.41) is 15.5. The Bertz CT molecular complexity index is 476. The molecule has 0 aliphatic carbocycles. The Labute approximate surface area is 115 Å². The molecule has 1 unspecified atom stereocenters. The monoisotopic (exact) mass is 266 g/mol. The van der Waals surface area contributed by atoms with E-state index in [2.05, 4.69) is 18.1 Å². The van der Waals surface area contributed by atoms with E-state index in [1.807, 2.05) is 39.4 Å². The highest BCUT2D eigenvalue weighted by atomic mass is 16.5. The second-order valence-corrected chi connectivity index (χ2v) is 6.86. The predicted octanol–water partition coefficient (Wildman–Crippen LogP) is 2.23. The summed E-state index contributed by atoms with van der Waals surface area (Å²) in [4.78, 5) is 0. The van der Waals surface area contributed by atoms with Crippen LogP contribution in [-0.4, -0.2) is 31.7 Å². The Kier molecular flexibility index (Phi) is 3.30. The van der Waals surface area contributed by atoms with E-state index in [0.29, 0.717) is 12.8 Å². The molecular weight excluding hydrogens is 240 g/mol. The van der Waals surface area contributed by atoms with E-state index in [4.69, 9.17) is 4.74 Å². The second-order valence-electron chi connectivity index (χ2n) is 6.86. The molecule has 0 saturated carbocycles. The Morgan fingerprint density at radius 3 is 2.42 bits per heavy atom. The van der Waals surface area contributed by atoms with E-state index in [9.17, 15) is 5.11 Å². The first kappa shape index (κ1) is 14.5. The third kappa shape index (κ3) is 2.56. The molecule has 1 fully saturated rings. The SMILES string of the molecule is CCc1cc(CC2(O)CC(C)(C)OC2(C)C)n(C)n1. The van der Waals surface area contributed by atoms with E-state index < -0.39 is 11.2 Å². The summed E-state index contributed by atoms with van der Waals surface area (Å²) in [7, 11) is 1.94. The van der Waals surface area contributed by atoms with E-state index in [0.717, 1.165) is 17.8 Å². The summed E-state index contributed by atoms with van der Waals surface area (Å²) in [6.07, 6.45) is 2.13. The first-order valence-electron chi connectivity index (χ1n) is 7.03. The molecule has 0 amide bonds. The van der Waals surface area contributed by atoms with Crippen molar-refractivity contribution in [3.8, 4) is 0 Å². The van der Waals surface area contributed by atoms with Gasteiger partial charge in [0.05, 0.1) is 16.9 Å². The van der Waals surface area contributed by atoms with Crippen molar-refractivity contribution in [3.05, 3.63) is 17.5 Å². The summed E-state index contributed by atoms with van der Waals surface area (Å²) in [5.74, 6) is 0. The van der Waals surface area contributed by atoms with Gasteiger partial charge in [-0.25, -0.2) is 0 Å². The van der Waals surface area contributed by atoms with Gasteiger partial charge in [-0.1, -0.05) is 6.92 Å². The Morgan fingerprint density at radius 1 is 1.37 bits per heavy atom. The fourth-order valence-electron chi connectivity index (χ4n) is 3.22. The average Bonchev–Trinajstić information content (AvgIpc) is 2.63. The van der Waals surface area contributed by atoms with E-state index in [-0.39, 0.29) is 5.60 Å². The molecule has 2 heterocycles. The lowest BCUT2D eigenvalue weighted by atomic mass is 9.79. The molecule has 1 saturated heterocycles. The molecular formula is C15H26N2O2. The van der Waals surface area contributed by atoms with Gasteiger partial charge in [-0.2, -0.15) is 5.10 Å². The van der Waals surface area contributed by atoms with Crippen LogP contribution in [0.15, 0.2) is 6.07 Å². The molecule has 2 rings (SSSR count). The van der Waals surface area contributed by atoms with Gasteiger partial charge in [0.25, 0.3) is 0 Å². The minimum Gasteiger partial charge on any atom is -0.386 e. The number of aliphatic hydroxyl groups is 1. The molecule has 0 radical (unpaired) electrons. The molecule has 1 N–H and O–H groups in total. The van der Waals surface area contributed by atoms with Crippen molar-refractivity contribution in [2.24, 2.45) is 7.05 Å². The highest BCUT2D eigenvalue weighted by Crippen LogP contribution is 2.46. The third-order valence-electron chi connectivity index (χ3n) is 4.23. The molecule has 0 aromatic carbocycles. The van der Waals surface area contributed by atoms with Gasteiger partial charge < -0.3 is 9.84 Å². The molecule has 19 heavy (non-hydrogen) atoms. The zero-order valence-electron chi connectivity index (χ0n) is 12.9. The fourth-order valence-corrected chi connectivity index (χ4v) is 3.22. The third-order valence-corrected chi connectivity index (χ3v) is 4.23. The van der Waals surface area contributed by atoms with Gasteiger partial charge in [-0.3, -0.25) is 4.68 Å². The number of aryl methyl sites for hydroxylation is 2. The van der Waals surface area contributed by atoms with Gasteiger partial charge in [0.15, 0.2) is 0 Å².